The number of nitrogens with zero attached hydrogens (tertiary/aromatic N) is 1. The second-order valence-corrected chi connectivity index (χ2v) is 8.12. The van der Waals surface area contributed by atoms with Crippen molar-refractivity contribution in [2.75, 3.05) is 6.54 Å². The Hall–Kier alpha value is -2.37. The van der Waals surface area contributed by atoms with Gasteiger partial charge in [-0.05, 0) is 30.7 Å². The van der Waals surface area contributed by atoms with Crippen LogP contribution in [-0.4, -0.2) is 34.8 Å². The van der Waals surface area contributed by atoms with Gasteiger partial charge in [0.15, 0.2) is 0 Å². The number of benzene rings is 1. The maximum Gasteiger partial charge on any atom is 0.325 e. The minimum Gasteiger partial charge on any atom is -0.348 e. The highest BCUT2D eigenvalue weighted by Crippen LogP contribution is 2.33. The van der Waals surface area contributed by atoms with E-state index in [2.05, 4.69) is 24.5 Å². The lowest BCUT2D eigenvalue weighted by molar-refractivity contribution is -0.136. The fourth-order valence-corrected chi connectivity index (χ4v) is 4.13. The monoisotopic (exact) mass is 371 g/mol. The summed E-state index contributed by atoms with van der Waals surface area (Å²) in [6.07, 6.45) is 5.05. The topological polar surface area (TPSA) is 78.5 Å². The molecule has 1 aliphatic carbocycles. The summed E-state index contributed by atoms with van der Waals surface area (Å²) < 4.78 is 0. The molecule has 3 rings (SSSR count). The maximum absolute atomic E-state index is 12.8. The lowest BCUT2D eigenvalue weighted by Gasteiger charge is -2.30. The highest BCUT2D eigenvalue weighted by atomic mass is 16.2. The molecule has 2 fully saturated rings. The van der Waals surface area contributed by atoms with Crippen LogP contribution >= 0.6 is 0 Å². The average molecular weight is 371 g/mol. The van der Waals surface area contributed by atoms with Crippen molar-refractivity contribution >= 4 is 17.8 Å². The lowest BCUT2D eigenvalue weighted by atomic mass is 9.82. The van der Waals surface area contributed by atoms with Crippen LogP contribution in [0.15, 0.2) is 30.3 Å². The van der Waals surface area contributed by atoms with Crippen molar-refractivity contribution in [3.05, 3.63) is 35.9 Å². The van der Waals surface area contributed by atoms with Crippen molar-refractivity contribution in [3.63, 3.8) is 0 Å². The van der Waals surface area contributed by atoms with Crippen molar-refractivity contribution < 1.29 is 14.4 Å². The molecule has 1 aliphatic heterocycles. The van der Waals surface area contributed by atoms with E-state index in [1.54, 1.807) is 0 Å². The second-order valence-electron chi connectivity index (χ2n) is 8.12. The van der Waals surface area contributed by atoms with Gasteiger partial charge >= 0.3 is 6.03 Å². The smallest absolute Gasteiger partial charge is 0.325 e. The first-order chi connectivity index (χ1) is 12.9. The first-order valence-electron chi connectivity index (χ1n) is 9.90. The number of amides is 4. The normalized spacial score (nSPS) is 20.0. The SMILES string of the molecule is CC(C)CC(NC(=O)CN1C(=O)NC2(CCCCC2)C1=O)c1ccccc1. The molecule has 0 aromatic heterocycles. The van der Waals surface area contributed by atoms with Crippen LogP contribution in [0, 0.1) is 5.92 Å². The van der Waals surface area contributed by atoms with E-state index >= 15 is 0 Å². The van der Waals surface area contributed by atoms with Crippen LogP contribution in [0.3, 0.4) is 0 Å². The number of hydrogen-bond donors (Lipinski definition) is 2. The Bertz CT molecular complexity index is 696. The van der Waals surface area contributed by atoms with Gasteiger partial charge in [-0.15, -0.1) is 0 Å². The Morgan fingerprint density at radius 2 is 1.81 bits per heavy atom. The van der Waals surface area contributed by atoms with Gasteiger partial charge in [0.2, 0.25) is 5.91 Å². The zero-order valence-electron chi connectivity index (χ0n) is 16.2. The number of hydrogen-bond acceptors (Lipinski definition) is 3. The molecular weight excluding hydrogens is 342 g/mol. The first-order valence-corrected chi connectivity index (χ1v) is 9.90. The van der Waals surface area contributed by atoms with Gasteiger partial charge < -0.3 is 10.6 Å². The quantitative estimate of drug-likeness (QED) is 0.754. The zero-order valence-corrected chi connectivity index (χ0v) is 16.2. The molecule has 1 unspecified atom stereocenters. The fourth-order valence-electron chi connectivity index (χ4n) is 4.13. The summed E-state index contributed by atoms with van der Waals surface area (Å²) in [5, 5.41) is 5.86. The lowest BCUT2D eigenvalue weighted by Crippen LogP contribution is -2.49. The van der Waals surface area contributed by atoms with E-state index in [-0.39, 0.29) is 24.4 Å². The Balaban J connectivity index is 1.67. The third-order valence-corrected chi connectivity index (χ3v) is 5.50. The van der Waals surface area contributed by atoms with Crippen LogP contribution in [0.2, 0.25) is 0 Å². The number of imide groups is 1. The molecular formula is C21H29N3O3. The number of carbonyl (C=O) groups is 3. The molecule has 1 saturated heterocycles. The van der Waals surface area contributed by atoms with Crippen molar-refractivity contribution in [1.29, 1.82) is 0 Å². The van der Waals surface area contributed by atoms with Crippen molar-refractivity contribution in [1.82, 2.24) is 15.5 Å². The van der Waals surface area contributed by atoms with Crippen LogP contribution in [-0.2, 0) is 9.59 Å². The minimum atomic E-state index is -0.785. The predicted molar refractivity (Wildman–Crippen MR) is 103 cm³/mol. The largest absolute Gasteiger partial charge is 0.348 e. The third kappa shape index (κ3) is 4.31. The van der Waals surface area contributed by atoms with Gasteiger partial charge in [0.05, 0.1) is 6.04 Å². The first kappa shape index (κ1) is 19.4. The number of nitrogens with one attached hydrogen (secondary N) is 2. The standard InChI is InChI=1S/C21H29N3O3/c1-15(2)13-17(16-9-5-3-6-10-16)22-18(25)14-24-19(26)21(23-20(24)27)11-7-4-8-12-21/h3,5-6,9-10,15,17H,4,7-8,11-14H2,1-2H3,(H,22,25)(H,23,27). The molecule has 1 aromatic rings. The molecule has 1 heterocycles. The van der Waals surface area contributed by atoms with Crippen molar-refractivity contribution in [2.45, 2.75) is 64.0 Å². The molecule has 27 heavy (non-hydrogen) atoms. The van der Waals surface area contributed by atoms with E-state index in [0.717, 1.165) is 36.1 Å². The van der Waals surface area contributed by atoms with E-state index in [4.69, 9.17) is 0 Å². The number of carbonyl (C=O) groups excluding carboxylic acids is 3. The minimum absolute atomic E-state index is 0.136. The summed E-state index contributed by atoms with van der Waals surface area (Å²) in [5.74, 6) is -0.152. The molecule has 6 heteroatoms. The molecule has 4 amide bonds. The highest BCUT2D eigenvalue weighted by Gasteiger charge is 2.51. The molecule has 1 atom stereocenters. The Labute approximate surface area is 160 Å². The second kappa shape index (κ2) is 8.11. The number of rotatable bonds is 6. The van der Waals surface area contributed by atoms with Gasteiger partial charge in [-0.3, -0.25) is 14.5 Å². The summed E-state index contributed by atoms with van der Waals surface area (Å²) in [7, 11) is 0. The summed E-state index contributed by atoms with van der Waals surface area (Å²) in [6.45, 7) is 3.98. The maximum atomic E-state index is 12.8. The van der Waals surface area contributed by atoms with Crippen LogP contribution in [0.25, 0.3) is 0 Å². The van der Waals surface area contributed by atoms with Crippen LogP contribution in [0.1, 0.15) is 64.0 Å². The van der Waals surface area contributed by atoms with Crippen molar-refractivity contribution in [3.8, 4) is 0 Å². The van der Waals surface area contributed by atoms with Crippen molar-refractivity contribution in [2.24, 2.45) is 5.92 Å². The molecule has 1 aromatic carbocycles. The molecule has 1 saturated carbocycles. The van der Waals surface area contributed by atoms with E-state index in [1.165, 1.54) is 0 Å². The van der Waals surface area contributed by atoms with Gasteiger partial charge in [0, 0.05) is 0 Å². The summed E-state index contributed by atoms with van der Waals surface area (Å²) >= 11 is 0. The summed E-state index contributed by atoms with van der Waals surface area (Å²) in [5.41, 5.74) is 0.243. The van der Waals surface area contributed by atoms with Gasteiger partial charge in [-0.1, -0.05) is 63.4 Å². The summed E-state index contributed by atoms with van der Waals surface area (Å²) in [6, 6.07) is 9.21. The molecule has 0 bridgehead atoms. The summed E-state index contributed by atoms with van der Waals surface area (Å²) in [4.78, 5) is 38.9. The van der Waals surface area contributed by atoms with E-state index in [0.29, 0.717) is 18.8 Å². The number of urea groups is 1. The van der Waals surface area contributed by atoms with E-state index in [9.17, 15) is 14.4 Å². The average Bonchev–Trinajstić information content (AvgIpc) is 2.86. The Morgan fingerprint density at radius 1 is 1.15 bits per heavy atom. The van der Waals surface area contributed by atoms with Gasteiger partial charge in [0.25, 0.3) is 5.91 Å². The molecule has 1 spiro atoms. The van der Waals surface area contributed by atoms with Crippen LogP contribution in [0.5, 0.6) is 0 Å². The molecule has 2 aliphatic rings. The van der Waals surface area contributed by atoms with E-state index < -0.39 is 11.6 Å². The fraction of sp³-hybridized carbons (Fsp3) is 0.571. The Morgan fingerprint density at radius 3 is 2.44 bits per heavy atom. The molecule has 6 nitrogen and oxygen atoms in total. The van der Waals surface area contributed by atoms with Crippen LogP contribution < -0.4 is 10.6 Å². The highest BCUT2D eigenvalue weighted by molar-refractivity contribution is 6.09. The molecule has 146 valence electrons. The Kier molecular flexibility index (Phi) is 5.82. The van der Waals surface area contributed by atoms with Crippen LogP contribution in [0.4, 0.5) is 4.79 Å². The zero-order chi connectivity index (χ0) is 19.4. The third-order valence-electron chi connectivity index (χ3n) is 5.50. The van der Waals surface area contributed by atoms with E-state index in [1.807, 2.05) is 30.3 Å². The molecule has 0 radical (unpaired) electrons. The molecule has 2 N–H and O–H groups in total. The predicted octanol–water partition coefficient (Wildman–Crippen LogP) is 3.14. The van der Waals surface area contributed by atoms with Gasteiger partial charge in [0.1, 0.15) is 12.1 Å². The van der Waals surface area contributed by atoms with Gasteiger partial charge in [-0.2, -0.15) is 0 Å². The van der Waals surface area contributed by atoms with Gasteiger partial charge in [-0.25, -0.2) is 4.79 Å².